The number of amides is 2. The average molecular weight is 379 g/mol. The summed E-state index contributed by atoms with van der Waals surface area (Å²) in [4.78, 5) is 28.6. The summed E-state index contributed by atoms with van der Waals surface area (Å²) in [6.45, 7) is 1.87. The maximum absolute atomic E-state index is 13.7. The molecule has 0 unspecified atom stereocenters. The van der Waals surface area contributed by atoms with Crippen molar-refractivity contribution in [3.8, 4) is 0 Å². The molecule has 3 rings (SSSR count). The van der Waals surface area contributed by atoms with Gasteiger partial charge in [0.05, 0.1) is 9.90 Å². The second kappa shape index (κ2) is 7.80. The molecule has 0 N–H and O–H groups in total. The summed E-state index contributed by atoms with van der Waals surface area (Å²) >= 11 is 7.35. The normalized spacial score (nSPS) is 15.0. The Balaban J connectivity index is 1.58. The third kappa shape index (κ3) is 4.08. The lowest BCUT2D eigenvalue weighted by Crippen LogP contribution is -2.50. The minimum absolute atomic E-state index is 0.00391. The van der Waals surface area contributed by atoms with Gasteiger partial charge in [-0.15, -0.1) is 11.3 Å². The van der Waals surface area contributed by atoms with E-state index < -0.39 is 5.82 Å². The number of nitrogens with zero attached hydrogens (tertiary/aromatic N) is 2. The Labute approximate surface area is 154 Å². The fourth-order valence-corrected chi connectivity index (χ4v) is 3.53. The van der Waals surface area contributed by atoms with Crippen molar-refractivity contribution in [1.82, 2.24) is 9.80 Å². The van der Waals surface area contributed by atoms with Crippen LogP contribution in [0.25, 0.3) is 6.08 Å². The third-order valence-electron chi connectivity index (χ3n) is 4.00. The van der Waals surface area contributed by atoms with Crippen LogP contribution in [0.2, 0.25) is 5.02 Å². The Morgan fingerprint density at radius 3 is 2.44 bits per heavy atom. The number of hydrogen-bond acceptors (Lipinski definition) is 3. The molecule has 130 valence electrons. The number of carbonyl (C=O) groups excluding carboxylic acids is 2. The average Bonchev–Trinajstić information content (AvgIpc) is 3.15. The second-order valence-corrected chi connectivity index (χ2v) is 6.92. The van der Waals surface area contributed by atoms with Crippen LogP contribution in [0.3, 0.4) is 0 Å². The van der Waals surface area contributed by atoms with Crippen molar-refractivity contribution in [2.45, 2.75) is 0 Å². The molecule has 0 radical (unpaired) electrons. The summed E-state index contributed by atoms with van der Waals surface area (Å²) < 4.78 is 13.7. The molecule has 1 aromatic carbocycles. The van der Waals surface area contributed by atoms with Crippen LogP contribution in [0, 0.1) is 5.82 Å². The standard InChI is InChI=1S/C18H16ClFN2O2S/c19-14-3-1-4-15(20)13(14)6-7-17(23)21-8-10-22(11-9-21)18(24)16-5-2-12-25-16/h1-7,12H,8-11H2/b7-6+. The van der Waals surface area contributed by atoms with Crippen LogP contribution in [0.5, 0.6) is 0 Å². The van der Waals surface area contributed by atoms with Crippen LogP contribution in [0.4, 0.5) is 4.39 Å². The molecule has 0 atom stereocenters. The SMILES string of the molecule is O=C(/C=C/c1c(F)cccc1Cl)N1CCN(C(=O)c2cccs2)CC1. The fraction of sp³-hybridized carbons (Fsp3) is 0.222. The van der Waals surface area contributed by atoms with E-state index >= 15 is 0 Å². The van der Waals surface area contributed by atoms with E-state index in [0.29, 0.717) is 31.1 Å². The number of carbonyl (C=O) groups is 2. The lowest BCUT2D eigenvalue weighted by atomic mass is 10.2. The largest absolute Gasteiger partial charge is 0.336 e. The second-order valence-electron chi connectivity index (χ2n) is 5.56. The molecule has 7 heteroatoms. The molecule has 2 aromatic rings. The molecule has 2 amide bonds. The summed E-state index contributed by atoms with van der Waals surface area (Å²) in [6.07, 6.45) is 2.71. The minimum atomic E-state index is -0.470. The van der Waals surface area contributed by atoms with Crippen LogP contribution in [0.1, 0.15) is 15.2 Å². The highest BCUT2D eigenvalue weighted by molar-refractivity contribution is 7.12. The molecule has 1 saturated heterocycles. The lowest BCUT2D eigenvalue weighted by Gasteiger charge is -2.34. The van der Waals surface area contributed by atoms with Gasteiger partial charge < -0.3 is 9.80 Å². The quantitative estimate of drug-likeness (QED) is 0.766. The molecule has 25 heavy (non-hydrogen) atoms. The zero-order chi connectivity index (χ0) is 17.8. The molecule has 1 aliphatic heterocycles. The zero-order valence-corrected chi connectivity index (χ0v) is 14.9. The zero-order valence-electron chi connectivity index (χ0n) is 13.3. The number of hydrogen-bond donors (Lipinski definition) is 0. The Morgan fingerprint density at radius 2 is 1.80 bits per heavy atom. The number of halogens is 2. The minimum Gasteiger partial charge on any atom is -0.336 e. The van der Waals surface area contributed by atoms with Crippen LogP contribution in [0.15, 0.2) is 41.8 Å². The van der Waals surface area contributed by atoms with E-state index in [-0.39, 0.29) is 22.4 Å². The van der Waals surface area contributed by atoms with Crippen LogP contribution >= 0.6 is 22.9 Å². The number of thiophene rings is 1. The summed E-state index contributed by atoms with van der Waals surface area (Å²) in [5, 5.41) is 2.13. The topological polar surface area (TPSA) is 40.6 Å². The highest BCUT2D eigenvalue weighted by Gasteiger charge is 2.24. The van der Waals surface area contributed by atoms with E-state index in [1.807, 2.05) is 11.4 Å². The van der Waals surface area contributed by atoms with Gasteiger partial charge >= 0.3 is 0 Å². The maximum atomic E-state index is 13.7. The first-order valence-electron chi connectivity index (χ1n) is 7.80. The van der Waals surface area contributed by atoms with Crippen LogP contribution in [-0.2, 0) is 4.79 Å². The van der Waals surface area contributed by atoms with Crippen LogP contribution in [-0.4, -0.2) is 47.8 Å². The Bertz CT molecular complexity index is 779. The van der Waals surface area contributed by atoms with Crippen molar-refractivity contribution in [2.75, 3.05) is 26.2 Å². The van der Waals surface area contributed by atoms with E-state index in [1.165, 1.54) is 35.6 Å². The van der Waals surface area contributed by atoms with Gasteiger partial charge in [-0.3, -0.25) is 9.59 Å². The number of piperazine rings is 1. The fourth-order valence-electron chi connectivity index (χ4n) is 2.62. The maximum Gasteiger partial charge on any atom is 0.264 e. The van der Waals surface area contributed by atoms with E-state index in [2.05, 4.69) is 0 Å². The Morgan fingerprint density at radius 1 is 1.08 bits per heavy atom. The van der Waals surface area contributed by atoms with Crippen molar-refractivity contribution in [3.63, 3.8) is 0 Å². The van der Waals surface area contributed by atoms with Gasteiger partial charge in [-0.2, -0.15) is 0 Å². The van der Waals surface area contributed by atoms with Crippen molar-refractivity contribution >= 4 is 40.8 Å². The highest BCUT2D eigenvalue weighted by atomic mass is 35.5. The molecule has 1 fully saturated rings. The molecular weight excluding hydrogens is 363 g/mol. The highest BCUT2D eigenvalue weighted by Crippen LogP contribution is 2.20. The van der Waals surface area contributed by atoms with Gasteiger partial charge in [-0.05, 0) is 29.7 Å². The van der Waals surface area contributed by atoms with E-state index in [1.54, 1.807) is 21.9 Å². The van der Waals surface area contributed by atoms with E-state index in [0.717, 1.165) is 0 Å². The van der Waals surface area contributed by atoms with Gasteiger partial charge in [0.15, 0.2) is 0 Å². The smallest absolute Gasteiger partial charge is 0.264 e. The van der Waals surface area contributed by atoms with Gasteiger partial charge in [0, 0.05) is 37.8 Å². The molecule has 1 aromatic heterocycles. The Hall–Kier alpha value is -2.18. The molecular formula is C18H16ClFN2O2S. The first kappa shape index (κ1) is 17.6. The molecule has 0 saturated carbocycles. The molecule has 4 nitrogen and oxygen atoms in total. The summed E-state index contributed by atoms with van der Waals surface area (Å²) in [5.74, 6) is -0.693. The number of rotatable bonds is 3. The van der Waals surface area contributed by atoms with Gasteiger partial charge in [-0.25, -0.2) is 4.39 Å². The summed E-state index contributed by atoms with van der Waals surface area (Å²) in [7, 11) is 0. The molecule has 0 bridgehead atoms. The lowest BCUT2D eigenvalue weighted by molar-refractivity contribution is -0.127. The van der Waals surface area contributed by atoms with Gasteiger partial charge in [0.1, 0.15) is 5.82 Å². The summed E-state index contributed by atoms with van der Waals surface area (Å²) in [5.41, 5.74) is 0.198. The predicted octanol–water partition coefficient (Wildman–Crippen LogP) is 3.54. The Kier molecular flexibility index (Phi) is 5.50. The predicted molar refractivity (Wildman–Crippen MR) is 97.2 cm³/mol. The van der Waals surface area contributed by atoms with Crippen molar-refractivity contribution in [2.24, 2.45) is 0 Å². The molecule has 1 aliphatic rings. The monoisotopic (exact) mass is 378 g/mol. The molecule has 0 aliphatic carbocycles. The number of benzene rings is 1. The van der Waals surface area contributed by atoms with Crippen molar-refractivity contribution in [3.05, 3.63) is 63.1 Å². The van der Waals surface area contributed by atoms with E-state index in [4.69, 9.17) is 11.6 Å². The summed E-state index contributed by atoms with van der Waals surface area (Å²) in [6, 6.07) is 8.02. The van der Waals surface area contributed by atoms with Gasteiger partial charge in [-0.1, -0.05) is 23.7 Å². The molecule has 0 spiro atoms. The van der Waals surface area contributed by atoms with Crippen LogP contribution < -0.4 is 0 Å². The van der Waals surface area contributed by atoms with Crippen molar-refractivity contribution in [1.29, 1.82) is 0 Å². The third-order valence-corrected chi connectivity index (χ3v) is 5.19. The van der Waals surface area contributed by atoms with E-state index in [9.17, 15) is 14.0 Å². The first-order chi connectivity index (χ1) is 12.1. The van der Waals surface area contributed by atoms with Crippen molar-refractivity contribution < 1.29 is 14.0 Å². The van der Waals surface area contributed by atoms with Gasteiger partial charge in [0.2, 0.25) is 5.91 Å². The first-order valence-corrected chi connectivity index (χ1v) is 9.06. The molecule has 2 heterocycles. The van der Waals surface area contributed by atoms with Gasteiger partial charge in [0.25, 0.3) is 5.91 Å².